The predicted octanol–water partition coefficient (Wildman–Crippen LogP) is 2.46. The van der Waals surface area contributed by atoms with Crippen LogP contribution in [0, 0.1) is 0 Å². The first-order valence-corrected chi connectivity index (χ1v) is 8.75. The molecule has 0 atom stereocenters. The molecule has 1 saturated heterocycles. The summed E-state index contributed by atoms with van der Waals surface area (Å²) in [6.45, 7) is 1.12. The van der Waals surface area contributed by atoms with E-state index >= 15 is 0 Å². The molecule has 3 aromatic rings. The first kappa shape index (κ1) is 17.4. The zero-order valence-corrected chi connectivity index (χ0v) is 14.9. The molecular weight excluding hydrogens is 347 g/mol. The fourth-order valence-electron chi connectivity index (χ4n) is 3.11. The fourth-order valence-corrected chi connectivity index (χ4v) is 3.11. The Balaban J connectivity index is 1.58. The Morgan fingerprint density at radius 2 is 1.81 bits per heavy atom. The summed E-state index contributed by atoms with van der Waals surface area (Å²) in [6, 6.07) is 3.56. The topological polar surface area (TPSA) is 83.9 Å². The van der Waals surface area contributed by atoms with E-state index in [4.69, 9.17) is 0 Å². The molecule has 0 unspecified atom stereocenters. The van der Waals surface area contributed by atoms with Gasteiger partial charge in [0.2, 0.25) is 0 Å². The highest BCUT2D eigenvalue weighted by Crippen LogP contribution is 2.28. The maximum Gasteiger partial charge on any atom is 0.263 e. The Labute approximate surface area is 155 Å². The molecule has 4 rings (SSSR count). The van der Waals surface area contributed by atoms with Gasteiger partial charge in [-0.1, -0.05) is 0 Å². The SMILES string of the molecule is CN1CCC(F)(C(=O)Nc2cc3cc(-c4cnccn4)ncc3cn2)CC1. The van der Waals surface area contributed by atoms with Gasteiger partial charge in [-0.25, -0.2) is 9.37 Å². The smallest absolute Gasteiger partial charge is 0.263 e. The Morgan fingerprint density at radius 1 is 1.04 bits per heavy atom. The average Bonchev–Trinajstić information content (AvgIpc) is 2.70. The normalized spacial score (nSPS) is 17.0. The number of nitrogens with one attached hydrogen (secondary N) is 1. The minimum atomic E-state index is -1.85. The number of alkyl halides is 1. The molecule has 0 radical (unpaired) electrons. The Kier molecular flexibility index (Phi) is 4.49. The molecule has 1 aliphatic heterocycles. The largest absolute Gasteiger partial charge is 0.308 e. The van der Waals surface area contributed by atoms with Crippen LogP contribution in [0.25, 0.3) is 22.2 Å². The number of anilines is 1. The summed E-state index contributed by atoms with van der Waals surface area (Å²) < 4.78 is 14.9. The zero-order chi connectivity index (χ0) is 18.9. The van der Waals surface area contributed by atoms with Crippen molar-refractivity contribution in [2.45, 2.75) is 18.5 Å². The van der Waals surface area contributed by atoms with Crippen molar-refractivity contribution in [3.05, 3.63) is 43.1 Å². The monoisotopic (exact) mass is 366 g/mol. The van der Waals surface area contributed by atoms with Gasteiger partial charge in [-0.05, 0) is 24.6 Å². The van der Waals surface area contributed by atoms with E-state index in [9.17, 15) is 9.18 Å². The molecule has 1 fully saturated rings. The van der Waals surface area contributed by atoms with Gasteiger partial charge in [0.15, 0.2) is 5.67 Å². The number of rotatable bonds is 3. The van der Waals surface area contributed by atoms with Gasteiger partial charge >= 0.3 is 0 Å². The lowest BCUT2D eigenvalue weighted by Gasteiger charge is -2.33. The van der Waals surface area contributed by atoms with E-state index < -0.39 is 11.6 Å². The van der Waals surface area contributed by atoms with Crippen LogP contribution in [0.1, 0.15) is 12.8 Å². The Hall–Kier alpha value is -3.00. The van der Waals surface area contributed by atoms with Crippen LogP contribution in [-0.4, -0.2) is 56.5 Å². The van der Waals surface area contributed by atoms with Gasteiger partial charge in [-0.3, -0.25) is 19.7 Å². The molecule has 1 N–H and O–H groups in total. The van der Waals surface area contributed by atoms with Crippen molar-refractivity contribution in [3.63, 3.8) is 0 Å². The molecule has 3 aromatic heterocycles. The van der Waals surface area contributed by atoms with Crippen molar-refractivity contribution in [2.75, 3.05) is 25.5 Å². The van der Waals surface area contributed by atoms with Crippen molar-refractivity contribution in [1.29, 1.82) is 0 Å². The summed E-state index contributed by atoms with van der Waals surface area (Å²) >= 11 is 0. The predicted molar refractivity (Wildman–Crippen MR) is 99.8 cm³/mol. The third-order valence-electron chi connectivity index (χ3n) is 4.86. The number of nitrogens with zero attached hydrogens (tertiary/aromatic N) is 5. The lowest BCUT2D eigenvalue weighted by molar-refractivity contribution is -0.130. The average molecular weight is 366 g/mol. The maximum absolute atomic E-state index is 14.9. The van der Waals surface area contributed by atoms with Crippen LogP contribution in [0.2, 0.25) is 0 Å². The number of carbonyl (C=O) groups excluding carboxylic acids is 1. The van der Waals surface area contributed by atoms with Crippen molar-refractivity contribution >= 4 is 22.5 Å². The summed E-state index contributed by atoms with van der Waals surface area (Å²) in [5.74, 6) is -0.314. The third-order valence-corrected chi connectivity index (χ3v) is 4.86. The maximum atomic E-state index is 14.9. The summed E-state index contributed by atoms with van der Waals surface area (Å²) in [4.78, 5) is 31.3. The van der Waals surface area contributed by atoms with E-state index in [1.165, 1.54) is 0 Å². The van der Waals surface area contributed by atoms with Crippen molar-refractivity contribution < 1.29 is 9.18 Å². The van der Waals surface area contributed by atoms with Crippen molar-refractivity contribution in [3.8, 4) is 11.4 Å². The Morgan fingerprint density at radius 3 is 2.56 bits per heavy atom. The second-order valence-electron chi connectivity index (χ2n) is 6.80. The molecular formula is C19H19FN6O. The van der Waals surface area contributed by atoms with Gasteiger partial charge in [0.05, 0.1) is 11.9 Å². The summed E-state index contributed by atoms with van der Waals surface area (Å²) in [5.41, 5.74) is -0.543. The van der Waals surface area contributed by atoms with Gasteiger partial charge < -0.3 is 10.2 Å². The van der Waals surface area contributed by atoms with Crippen LogP contribution in [0.4, 0.5) is 10.2 Å². The third kappa shape index (κ3) is 3.61. The highest BCUT2D eigenvalue weighted by molar-refractivity contribution is 5.98. The zero-order valence-electron chi connectivity index (χ0n) is 14.9. The van der Waals surface area contributed by atoms with Crippen molar-refractivity contribution in [1.82, 2.24) is 24.8 Å². The molecule has 0 spiro atoms. The Bertz CT molecular complexity index is 972. The molecule has 7 nitrogen and oxygen atoms in total. The van der Waals surface area contributed by atoms with Crippen LogP contribution in [0.5, 0.6) is 0 Å². The standard InChI is InChI=1S/C19H19FN6O/c1-26-6-2-19(20,3-7-26)18(27)25-17-9-13-8-15(16-12-21-4-5-22-16)23-10-14(13)11-24-17/h4-5,8-12H,2-3,6-7H2,1H3,(H,24,25,27). The van der Waals surface area contributed by atoms with Gasteiger partial charge in [0.1, 0.15) is 11.5 Å². The summed E-state index contributed by atoms with van der Waals surface area (Å²) in [6.07, 6.45) is 8.49. The highest BCUT2D eigenvalue weighted by Gasteiger charge is 2.41. The van der Waals surface area contributed by atoms with Crippen LogP contribution >= 0.6 is 0 Å². The van der Waals surface area contributed by atoms with Crippen LogP contribution in [-0.2, 0) is 4.79 Å². The molecule has 8 heteroatoms. The second-order valence-corrected chi connectivity index (χ2v) is 6.80. The van der Waals surface area contributed by atoms with Gasteiger partial charge in [-0.2, -0.15) is 0 Å². The molecule has 138 valence electrons. The first-order chi connectivity index (χ1) is 13.0. The number of piperidine rings is 1. The molecule has 0 aromatic carbocycles. The molecule has 0 saturated carbocycles. The summed E-state index contributed by atoms with van der Waals surface area (Å²) in [7, 11) is 1.92. The molecule has 0 aliphatic carbocycles. The number of aromatic nitrogens is 4. The van der Waals surface area contributed by atoms with E-state index in [-0.39, 0.29) is 12.8 Å². The molecule has 1 aliphatic rings. The molecule has 0 bridgehead atoms. The van der Waals surface area contributed by atoms with E-state index in [1.54, 1.807) is 37.1 Å². The molecule has 1 amide bonds. The summed E-state index contributed by atoms with van der Waals surface area (Å²) in [5, 5.41) is 4.27. The number of hydrogen-bond acceptors (Lipinski definition) is 6. The van der Waals surface area contributed by atoms with Gasteiger partial charge in [0.25, 0.3) is 5.91 Å². The van der Waals surface area contributed by atoms with E-state index in [0.717, 1.165) is 10.8 Å². The van der Waals surface area contributed by atoms with E-state index in [0.29, 0.717) is 30.3 Å². The number of pyridine rings is 2. The van der Waals surface area contributed by atoms with Gasteiger partial charge in [0, 0.05) is 56.1 Å². The number of amides is 1. The van der Waals surface area contributed by atoms with Crippen LogP contribution in [0.15, 0.2) is 43.1 Å². The quantitative estimate of drug-likeness (QED) is 0.767. The lowest BCUT2D eigenvalue weighted by Crippen LogP contribution is -2.47. The van der Waals surface area contributed by atoms with E-state index in [1.807, 2.05) is 18.0 Å². The number of likely N-dealkylation sites (tertiary alicyclic amines) is 1. The molecule has 27 heavy (non-hydrogen) atoms. The second kappa shape index (κ2) is 6.96. The number of halogens is 1. The first-order valence-electron chi connectivity index (χ1n) is 8.75. The van der Waals surface area contributed by atoms with Gasteiger partial charge in [-0.15, -0.1) is 0 Å². The fraction of sp³-hybridized carbons (Fsp3) is 0.316. The minimum absolute atomic E-state index is 0.184. The highest BCUT2D eigenvalue weighted by atomic mass is 19.1. The van der Waals surface area contributed by atoms with Crippen LogP contribution in [0.3, 0.4) is 0 Å². The molecule has 4 heterocycles. The minimum Gasteiger partial charge on any atom is -0.308 e. The van der Waals surface area contributed by atoms with Crippen LogP contribution < -0.4 is 5.32 Å². The number of fused-ring (bicyclic) bond motifs is 1. The number of hydrogen-bond donors (Lipinski definition) is 1. The lowest BCUT2D eigenvalue weighted by atomic mass is 9.92. The van der Waals surface area contributed by atoms with E-state index in [2.05, 4.69) is 25.3 Å². The van der Waals surface area contributed by atoms with Crippen molar-refractivity contribution in [2.24, 2.45) is 0 Å². The number of carbonyl (C=O) groups is 1.